The first kappa shape index (κ1) is 67.2. The van der Waals surface area contributed by atoms with Crippen LogP contribution in [0.15, 0.2) is 36.5 Å². The normalized spacial score (nSPS) is 13.3. The highest BCUT2D eigenvalue weighted by molar-refractivity contribution is 7.47. The van der Waals surface area contributed by atoms with E-state index < -0.39 is 26.5 Å². The molecule has 0 aromatic rings. The van der Waals surface area contributed by atoms with E-state index in [9.17, 15) is 19.0 Å². The molecular weight excluding hydrogens is 882 g/mol. The minimum Gasteiger partial charge on any atom is -0.462 e. The Morgan fingerprint density at radius 1 is 0.435 bits per heavy atom. The number of carbonyl (C=O) groups is 2. The van der Waals surface area contributed by atoms with Crippen molar-refractivity contribution in [2.24, 2.45) is 5.73 Å². The molecule has 10 heteroatoms. The monoisotopic (exact) mass is 994 g/mol. The molecule has 0 rings (SSSR count). The van der Waals surface area contributed by atoms with Crippen LogP contribution in [0.1, 0.15) is 296 Å². The highest BCUT2D eigenvalue weighted by Crippen LogP contribution is 2.43. The van der Waals surface area contributed by atoms with Crippen molar-refractivity contribution >= 4 is 19.8 Å². The van der Waals surface area contributed by atoms with E-state index >= 15 is 0 Å². The molecule has 0 fully saturated rings. The van der Waals surface area contributed by atoms with Crippen molar-refractivity contribution < 1.29 is 37.6 Å². The van der Waals surface area contributed by atoms with Crippen LogP contribution in [0.5, 0.6) is 0 Å². The Balaban J connectivity index is 3.90. The highest BCUT2D eigenvalue weighted by atomic mass is 31.2. The fourth-order valence-electron chi connectivity index (χ4n) is 8.65. The van der Waals surface area contributed by atoms with Gasteiger partial charge in [-0.15, -0.1) is 0 Å². The van der Waals surface area contributed by atoms with E-state index in [0.717, 1.165) is 70.6 Å². The van der Waals surface area contributed by atoms with Gasteiger partial charge in [0.05, 0.1) is 13.2 Å². The molecule has 0 bridgehead atoms. The molecule has 0 aromatic heterocycles. The van der Waals surface area contributed by atoms with Crippen LogP contribution in [0, 0.1) is 0 Å². The first-order chi connectivity index (χ1) is 33.8. The molecule has 0 aromatic carbocycles. The molecule has 0 aliphatic rings. The Bertz CT molecular complexity index is 1220. The number of nitrogens with two attached hydrogens (primary N) is 1. The van der Waals surface area contributed by atoms with Gasteiger partial charge < -0.3 is 20.1 Å². The van der Waals surface area contributed by atoms with Gasteiger partial charge in [-0.2, -0.15) is 0 Å². The van der Waals surface area contributed by atoms with Crippen molar-refractivity contribution in [1.82, 2.24) is 0 Å². The lowest BCUT2D eigenvalue weighted by Gasteiger charge is -2.19. The third-order valence-electron chi connectivity index (χ3n) is 13.0. The molecule has 9 nitrogen and oxygen atoms in total. The first-order valence-electron chi connectivity index (χ1n) is 29.5. The molecule has 0 amide bonds. The third kappa shape index (κ3) is 55.4. The summed E-state index contributed by atoms with van der Waals surface area (Å²) in [5, 5.41) is 0. The van der Waals surface area contributed by atoms with E-state index in [0.29, 0.717) is 6.42 Å². The fourth-order valence-corrected chi connectivity index (χ4v) is 9.41. The number of unbranched alkanes of at least 4 members (excludes halogenated alkanes) is 37. The topological polar surface area (TPSA) is 134 Å². The van der Waals surface area contributed by atoms with E-state index in [1.807, 2.05) is 0 Å². The minimum atomic E-state index is -4.39. The van der Waals surface area contributed by atoms with Gasteiger partial charge in [-0.1, -0.05) is 269 Å². The molecule has 0 spiro atoms. The number of ether oxygens (including phenoxy) is 2. The summed E-state index contributed by atoms with van der Waals surface area (Å²) >= 11 is 0. The van der Waals surface area contributed by atoms with E-state index in [1.165, 1.54) is 193 Å². The van der Waals surface area contributed by atoms with Crippen molar-refractivity contribution in [3.05, 3.63) is 36.5 Å². The van der Waals surface area contributed by atoms with Crippen LogP contribution in [-0.2, 0) is 32.7 Å². The van der Waals surface area contributed by atoms with Crippen molar-refractivity contribution in [1.29, 1.82) is 0 Å². The Hall–Kier alpha value is -1.77. The first-order valence-corrected chi connectivity index (χ1v) is 31.0. The van der Waals surface area contributed by atoms with Gasteiger partial charge in [0.25, 0.3) is 0 Å². The number of phosphoric acid groups is 1. The molecule has 0 aliphatic heterocycles. The zero-order valence-corrected chi connectivity index (χ0v) is 46.2. The van der Waals surface area contributed by atoms with Crippen molar-refractivity contribution in [3.63, 3.8) is 0 Å². The Labute approximate surface area is 426 Å². The summed E-state index contributed by atoms with van der Waals surface area (Å²) in [6.07, 6.45) is 66.4. The molecule has 3 N–H and O–H groups in total. The number of carbonyl (C=O) groups excluding carboxylic acids is 2. The molecule has 0 aliphatic carbocycles. The van der Waals surface area contributed by atoms with Crippen molar-refractivity contribution in [2.45, 2.75) is 302 Å². The summed E-state index contributed by atoms with van der Waals surface area (Å²) in [6.45, 7) is 3.75. The van der Waals surface area contributed by atoms with Crippen LogP contribution >= 0.6 is 7.82 Å². The van der Waals surface area contributed by atoms with Gasteiger partial charge in [0.1, 0.15) is 6.61 Å². The maximum Gasteiger partial charge on any atom is 0.472 e. The van der Waals surface area contributed by atoms with Gasteiger partial charge in [-0.25, -0.2) is 4.57 Å². The van der Waals surface area contributed by atoms with Crippen LogP contribution in [0.25, 0.3) is 0 Å². The zero-order valence-electron chi connectivity index (χ0n) is 45.3. The summed E-state index contributed by atoms with van der Waals surface area (Å²) in [4.78, 5) is 35.2. The van der Waals surface area contributed by atoms with Crippen LogP contribution in [0.4, 0.5) is 0 Å². The Kier molecular flexibility index (Phi) is 54.1. The van der Waals surface area contributed by atoms with Crippen LogP contribution in [0.3, 0.4) is 0 Å². The number of hydrogen-bond acceptors (Lipinski definition) is 8. The van der Waals surface area contributed by atoms with Gasteiger partial charge in [-0.05, 0) is 51.4 Å². The summed E-state index contributed by atoms with van der Waals surface area (Å²) in [6, 6.07) is 0. The average molecular weight is 995 g/mol. The largest absolute Gasteiger partial charge is 0.472 e. The van der Waals surface area contributed by atoms with Gasteiger partial charge in [0.15, 0.2) is 6.10 Å². The Morgan fingerprint density at radius 3 is 1.14 bits per heavy atom. The third-order valence-corrected chi connectivity index (χ3v) is 14.0. The number of rotatable bonds is 56. The molecule has 0 saturated heterocycles. The molecule has 0 radical (unpaired) electrons. The van der Waals surface area contributed by atoms with Gasteiger partial charge in [-0.3, -0.25) is 18.6 Å². The van der Waals surface area contributed by atoms with Crippen LogP contribution in [-0.4, -0.2) is 49.3 Å². The molecule has 69 heavy (non-hydrogen) atoms. The SMILES string of the molecule is CCCCC/C=C\C/C=C\C/C=C\CCCCCCCCC(=O)OC(COC(=O)CCCCCCCCCCCCCCCCCCCCCCCCCCCCCCC)COP(=O)(O)OCCN. The predicted octanol–water partition coefficient (Wildman–Crippen LogP) is 18.4. The zero-order chi connectivity index (χ0) is 50.2. The van der Waals surface area contributed by atoms with E-state index in [4.69, 9.17) is 24.3 Å². The van der Waals surface area contributed by atoms with Crippen molar-refractivity contribution in [2.75, 3.05) is 26.4 Å². The van der Waals surface area contributed by atoms with Crippen molar-refractivity contribution in [3.8, 4) is 0 Å². The standard InChI is InChI=1S/C59H112NO8P/c1-3-5-7-9-11-13-15-17-19-21-23-24-25-26-27-28-29-30-31-32-34-35-37-39-41-43-45-47-49-51-58(61)65-55-57(56-67-69(63,64)66-54-53-60)68-59(62)52-50-48-46-44-42-40-38-36-33-22-20-18-16-14-12-10-8-6-4-2/h12,14,18,20,33,36,57H,3-11,13,15-17,19,21-32,34-35,37-56,60H2,1-2H3,(H,63,64)/b14-12-,20-18-,36-33-. The molecular formula is C59H112NO8P. The van der Waals surface area contributed by atoms with Crippen LogP contribution < -0.4 is 5.73 Å². The number of hydrogen-bond donors (Lipinski definition) is 2. The fraction of sp³-hybridized carbons (Fsp3) is 0.864. The molecule has 406 valence electrons. The molecule has 2 unspecified atom stereocenters. The predicted molar refractivity (Wildman–Crippen MR) is 294 cm³/mol. The maximum atomic E-state index is 12.7. The molecule has 2 atom stereocenters. The average Bonchev–Trinajstić information content (AvgIpc) is 3.34. The smallest absolute Gasteiger partial charge is 0.462 e. The van der Waals surface area contributed by atoms with Crippen LogP contribution in [0.2, 0.25) is 0 Å². The Morgan fingerprint density at radius 2 is 0.754 bits per heavy atom. The van der Waals surface area contributed by atoms with Gasteiger partial charge in [0.2, 0.25) is 0 Å². The molecule has 0 heterocycles. The molecule has 0 saturated carbocycles. The summed E-state index contributed by atoms with van der Waals surface area (Å²) in [5.74, 6) is -0.829. The number of allylic oxidation sites excluding steroid dienone is 6. The quantitative estimate of drug-likeness (QED) is 0.0264. The van der Waals surface area contributed by atoms with Gasteiger partial charge in [0, 0.05) is 19.4 Å². The number of esters is 2. The van der Waals surface area contributed by atoms with Gasteiger partial charge >= 0.3 is 19.8 Å². The van der Waals surface area contributed by atoms with E-state index in [-0.39, 0.29) is 38.6 Å². The van der Waals surface area contributed by atoms with E-state index in [2.05, 4.69) is 50.3 Å². The number of phosphoric ester groups is 1. The second-order valence-corrected chi connectivity index (χ2v) is 21.3. The maximum absolute atomic E-state index is 12.7. The van der Waals surface area contributed by atoms with E-state index in [1.54, 1.807) is 0 Å². The second kappa shape index (κ2) is 55.5. The summed E-state index contributed by atoms with van der Waals surface area (Å²) in [5.41, 5.74) is 5.38. The lowest BCUT2D eigenvalue weighted by molar-refractivity contribution is -0.161. The lowest BCUT2D eigenvalue weighted by atomic mass is 10.0. The minimum absolute atomic E-state index is 0.0518. The lowest BCUT2D eigenvalue weighted by Crippen LogP contribution is -2.29. The highest BCUT2D eigenvalue weighted by Gasteiger charge is 2.26. The summed E-state index contributed by atoms with van der Waals surface area (Å²) in [7, 11) is -4.39. The summed E-state index contributed by atoms with van der Waals surface area (Å²) < 4.78 is 33.0. The second-order valence-electron chi connectivity index (χ2n) is 19.9.